The van der Waals surface area contributed by atoms with Crippen LogP contribution in [0.4, 0.5) is 0 Å². The maximum Gasteiger partial charge on any atom is 0.231 e. The van der Waals surface area contributed by atoms with Gasteiger partial charge in [-0.25, -0.2) is 0 Å². The Balaban J connectivity index is 1.69. The first-order valence-corrected chi connectivity index (χ1v) is 6.46. The SMILES string of the molecule is C[C@H](NCc1cc(Cl)c2c(c1)OCO2)c1ccco1. The molecule has 1 aliphatic rings. The van der Waals surface area contributed by atoms with Crippen molar-refractivity contribution in [3.63, 3.8) is 0 Å². The predicted molar refractivity (Wildman–Crippen MR) is 71.5 cm³/mol. The number of hydrogen-bond acceptors (Lipinski definition) is 4. The highest BCUT2D eigenvalue weighted by molar-refractivity contribution is 6.32. The van der Waals surface area contributed by atoms with Crippen molar-refractivity contribution in [1.82, 2.24) is 5.32 Å². The van der Waals surface area contributed by atoms with Gasteiger partial charge in [-0.3, -0.25) is 0 Å². The van der Waals surface area contributed by atoms with E-state index in [0.29, 0.717) is 23.1 Å². The summed E-state index contributed by atoms with van der Waals surface area (Å²) < 4.78 is 16.0. The van der Waals surface area contributed by atoms with E-state index < -0.39 is 0 Å². The molecule has 2 aromatic rings. The minimum Gasteiger partial charge on any atom is -0.468 e. The van der Waals surface area contributed by atoms with E-state index in [2.05, 4.69) is 5.32 Å². The molecule has 2 heterocycles. The Labute approximate surface area is 116 Å². The molecule has 0 saturated heterocycles. The maximum absolute atomic E-state index is 6.14. The van der Waals surface area contributed by atoms with Crippen molar-refractivity contribution in [2.75, 3.05) is 6.79 Å². The number of benzene rings is 1. The third kappa shape index (κ3) is 2.55. The molecule has 1 N–H and O–H groups in total. The first kappa shape index (κ1) is 12.4. The van der Waals surface area contributed by atoms with Crippen LogP contribution in [0, 0.1) is 0 Å². The highest BCUT2D eigenvalue weighted by Gasteiger charge is 2.18. The van der Waals surface area contributed by atoms with Crippen LogP contribution in [0.3, 0.4) is 0 Å². The average molecular weight is 280 g/mol. The maximum atomic E-state index is 6.14. The van der Waals surface area contributed by atoms with Gasteiger partial charge in [-0.2, -0.15) is 0 Å². The zero-order valence-electron chi connectivity index (χ0n) is 10.5. The lowest BCUT2D eigenvalue weighted by molar-refractivity contribution is 0.174. The highest BCUT2D eigenvalue weighted by atomic mass is 35.5. The van der Waals surface area contributed by atoms with Crippen LogP contribution in [0.1, 0.15) is 24.3 Å². The first-order valence-electron chi connectivity index (χ1n) is 6.09. The van der Waals surface area contributed by atoms with Crippen molar-refractivity contribution in [3.8, 4) is 11.5 Å². The fourth-order valence-electron chi connectivity index (χ4n) is 2.03. The van der Waals surface area contributed by atoms with Crippen molar-refractivity contribution in [2.45, 2.75) is 19.5 Å². The van der Waals surface area contributed by atoms with Gasteiger partial charge in [0, 0.05) is 6.54 Å². The Bertz CT molecular complexity index is 568. The summed E-state index contributed by atoms with van der Waals surface area (Å²) in [7, 11) is 0. The van der Waals surface area contributed by atoms with Gasteiger partial charge in [-0.15, -0.1) is 0 Å². The van der Waals surface area contributed by atoms with E-state index in [-0.39, 0.29) is 12.8 Å². The second-order valence-corrected chi connectivity index (χ2v) is 4.84. The van der Waals surface area contributed by atoms with E-state index in [4.69, 9.17) is 25.5 Å². The van der Waals surface area contributed by atoms with Crippen LogP contribution in [-0.2, 0) is 6.54 Å². The van der Waals surface area contributed by atoms with Crippen LogP contribution in [-0.4, -0.2) is 6.79 Å². The summed E-state index contributed by atoms with van der Waals surface area (Å²) >= 11 is 6.14. The van der Waals surface area contributed by atoms with Gasteiger partial charge in [0.05, 0.1) is 17.3 Å². The summed E-state index contributed by atoms with van der Waals surface area (Å²) in [5.74, 6) is 2.24. The van der Waals surface area contributed by atoms with Gasteiger partial charge in [-0.05, 0) is 36.8 Å². The smallest absolute Gasteiger partial charge is 0.231 e. The fraction of sp³-hybridized carbons (Fsp3) is 0.286. The molecule has 5 heteroatoms. The molecule has 19 heavy (non-hydrogen) atoms. The molecular weight excluding hydrogens is 266 g/mol. The molecule has 0 saturated carbocycles. The standard InChI is InChI=1S/C14H14ClNO3/c1-9(12-3-2-4-17-12)16-7-10-5-11(15)14-13(6-10)18-8-19-14/h2-6,9,16H,7-8H2,1H3/t9-/m0/s1. The van der Waals surface area contributed by atoms with Crippen LogP contribution in [0.2, 0.25) is 5.02 Å². The number of hydrogen-bond donors (Lipinski definition) is 1. The van der Waals surface area contributed by atoms with Gasteiger partial charge >= 0.3 is 0 Å². The number of rotatable bonds is 4. The summed E-state index contributed by atoms with van der Waals surface area (Å²) in [5.41, 5.74) is 1.05. The molecule has 1 aliphatic heterocycles. The molecule has 3 rings (SSSR count). The quantitative estimate of drug-likeness (QED) is 0.930. The van der Waals surface area contributed by atoms with Gasteiger partial charge < -0.3 is 19.2 Å². The van der Waals surface area contributed by atoms with Crippen LogP contribution in [0.25, 0.3) is 0 Å². The molecule has 0 aliphatic carbocycles. The predicted octanol–water partition coefficient (Wildman–Crippen LogP) is 3.51. The molecule has 1 aromatic heterocycles. The Hall–Kier alpha value is -1.65. The lowest BCUT2D eigenvalue weighted by atomic mass is 10.1. The van der Waals surface area contributed by atoms with Gasteiger partial charge in [0.1, 0.15) is 5.76 Å². The molecular formula is C14H14ClNO3. The Morgan fingerprint density at radius 3 is 3.05 bits per heavy atom. The zero-order valence-corrected chi connectivity index (χ0v) is 11.2. The van der Waals surface area contributed by atoms with E-state index >= 15 is 0 Å². The van der Waals surface area contributed by atoms with Gasteiger partial charge in [0.25, 0.3) is 0 Å². The van der Waals surface area contributed by atoms with E-state index in [9.17, 15) is 0 Å². The summed E-state index contributed by atoms with van der Waals surface area (Å²) in [5, 5.41) is 3.95. The van der Waals surface area contributed by atoms with Crippen LogP contribution < -0.4 is 14.8 Å². The number of nitrogens with one attached hydrogen (secondary N) is 1. The van der Waals surface area contributed by atoms with Crippen molar-refractivity contribution < 1.29 is 13.9 Å². The summed E-state index contributed by atoms with van der Waals surface area (Å²) in [6.07, 6.45) is 1.67. The van der Waals surface area contributed by atoms with Crippen LogP contribution in [0.5, 0.6) is 11.5 Å². The summed E-state index contributed by atoms with van der Waals surface area (Å²) in [6.45, 7) is 2.96. The molecule has 1 aromatic carbocycles. The van der Waals surface area contributed by atoms with Gasteiger partial charge in [0.15, 0.2) is 11.5 Å². The molecule has 0 radical (unpaired) electrons. The average Bonchev–Trinajstić information content (AvgIpc) is 3.06. The summed E-state index contributed by atoms with van der Waals surface area (Å²) in [4.78, 5) is 0. The highest BCUT2D eigenvalue weighted by Crippen LogP contribution is 2.39. The first-order chi connectivity index (χ1) is 9.24. The van der Waals surface area contributed by atoms with Crippen molar-refractivity contribution in [1.29, 1.82) is 0 Å². The Morgan fingerprint density at radius 1 is 1.37 bits per heavy atom. The van der Waals surface area contributed by atoms with Crippen molar-refractivity contribution in [3.05, 3.63) is 46.9 Å². The van der Waals surface area contributed by atoms with Crippen LogP contribution >= 0.6 is 11.6 Å². The molecule has 0 unspecified atom stereocenters. The van der Waals surface area contributed by atoms with E-state index in [0.717, 1.165) is 11.3 Å². The lowest BCUT2D eigenvalue weighted by Gasteiger charge is -2.12. The van der Waals surface area contributed by atoms with Crippen molar-refractivity contribution in [2.24, 2.45) is 0 Å². The fourth-order valence-corrected chi connectivity index (χ4v) is 2.32. The third-order valence-electron chi connectivity index (χ3n) is 3.07. The van der Waals surface area contributed by atoms with E-state index in [1.165, 1.54) is 0 Å². The normalized spacial score (nSPS) is 14.6. The molecule has 0 amide bonds. The molecule has 4 nitrogen and oxygen atoms in total. The molecule has 0 fully saturated rings. The Morgan fingerprint density at radius 2 is 2.26 bits per heavy atom. The number of ether oxygens (including phenoxy) is 2. The third-order valence-corrected chi connectivity index (χ3v) is 3.35. The van der Waals surface area contributed by atoms with Gasteiger partial charge in [0.2, 0.25) is 6.79 Å². The zero-order chi connectivity index (χ0) is 13.2. The van der Waals surface area contributed by atoms with Gasteiger partial charge in [-0.1, -0.05) is 11.6 Å². The lowest BCUT2D eigenvalue weighted by Crippen LogP contribution is -2.17. The van der Waals surface area contributed by atoms with Crippen LogP contribution in [0.15, 0.2) is 34.9 Å². The largest absolute Gasteiger partial charge is 0.468 e. The number of halogens is 1. The second kappa shape index (κ2) is 5.15. The van der Waals surface area contributed by atoms with E-state index in [1.807, 2.05) is 31.2 Å². The molecule has 0 spiro atoms. The topological polar surface area (TPSA) is 43.6 Å². The monoisotopic (exact) mass is 279 g/mol. The minimum atomic E-state index is 0.138. The number of furan rings is 1. The molecule has 1 atom stereocenters. The van der Waals surface area contributed by atoms with E-state index in [1.54, 1.807) is 6.26 Å². The number of fused-ring (bicyclic) bond motifs is 1. The molecule has 100 valence electrons. The molecule has 0 bridgehead atoms. The second-order valence-electron chi connectivity index (χ2n) is 4.43. The minimum absolute atomic E-state index is 0.138. The summed E-state index contributed by atoms with van der Waals surface area (Å²) in [6, 6.07) is 7.79. The Kier molecular flexibility index (Phi) is 3.36. The van der Waals surface area contributed by atoms with Crippen molar-refractivity contribution >= 4 is 11.6 Å².